The standard InChI is InChI=1S/C9H15BrO/c1-6(11)8-4-7(5-10)9(8,2)3/h7-8H,4-5H2,1-3H3. The Morgan fingerprint density at radius 2 is 2.18 bits per heavy atom. The molecule has 64 valence electrons. The van der Waals surface area contributed by atoms with Gasteiger partial charge in [-0.05, 0) is 24.7 Å². The van der Waals surface area contributed by atoms with Crippen LogP contribution in [0.2, 0.25) is 0 Å². The summed E-state index contributed by atoms with van der Waals surface area (Å²) < 4.78 is 0. The number of halogens is 1. The summed E-state index contributed by atoms with van der Waals surface area (Å²) in [4.78, 5) is 11.1. The quantitative estimate of drug-likeness (QED) is 0.652. The smallest absolute Gasteiger partial charge is 0.133 e. The molecular weight excluding hydrogens is 204 g/mol. The molecule has 2 atom stereocenters. The van der Waals surface area contributed by atoms with Crippen molar-refractivity contribution in [2.45, 2.75) is 27.2 Å². The Labute approximate surface area is 76.7 Å². The predicted molar refractivity (Wildman–Crippen MR) is 49.9 cm³/mol. The minimum atomic E-state index is 0.231. The zero-order chi connectivity index (χ0) is 8.65. The molecule has 0 saturated heterocycles. The van der Waals surface area contributed by atoms with E-state index in [1.807, 2.05) is 0 Å². The highest BCUT2D eigenvalue weighted by molar-refractivity contribution is 9.09. The molecule has 1 fully saturated rings. The van der Waals surface area contributed by atoms with Gasteiger partial charge in [0.1, 0.15) is 5.78 Å². The topological polar surface area (TPSA) is 17.1 Å². The summed E-state index contributed by atoms with van der Waals surface area (Å²) in [5.74, 6) is 1.36. The van der Waals surface area contributed by atoms with Crippen molar-refractivity contribution in [1.82, 2.24) is 0 Å². The van der Waals surface area contributed by atoms with Gasteiger partial charge in [0.05, 0.1) is 0 Å². The van der Waals surface area contributed by atoms with Crippen molar-refractivity contribution in [2.75, 3.05) is 5.33 Å². The number of hydrogen-bond acceptors (Lipinski definition) is 1. The zero-order valence-corrected chi connectivity index (χ0v) is 8.94. The summed E-state index contributed by atoms with van der Waals surface area (Å²) in [7, 11) is 0. The van der Waals surface area contributed by atoms with Crippen LogP contribution in [0.15, 0.2) is 0 Å². The number of hydrogen-bond donors (Lipinski definition) is 0. The van der Waals surface area contributed by atoms with Crippen LogP contribution in [0.5, 0.6) is 0 Å². The highest BCUT2D eigenvalue weighted by Crippen LogP contribution is 2.52. The van der Waals surface area contributed by atoms with Gasteiger partial charge in [-0.2, -0.15) is 0 Å². The maximum atomic E-state index is 11.1. The van der Waals surface area contributed by atoms with Crippen molar-refractivity contribution < 1.29 is 4.79 Å². The van der Waals surface area contributed by atoms with Gasteiger partial charge in [0.25, 0.3) is 0 Å². The summed E-state index contributed by atoms with van der Waals surface area (Å²) in [6.07, 6.45) is 1.08. The lowest BCUT2D eigenvalue weighted by Crippen LogP contribution is -2.48. The van der Waals surface area contributed by atoms with Crippen molar-refractivity contribution in [2.24, 2.45) is 17.3 Å². The lowest BCUT2D eigenvalue weighted by molar-refractivity contribution is -0.134. The summed E-state index contributed by atoms with van der Waals surface area (Å²) in [6.45, 7) is 6.08. The molecule has 0 aliphatic heterocycles. The van der Waals surface area contributed by atoms with Crippen LogP contribution in [-0.2, 0) is 4.79 Å². The van der Waals surface area contributed by atoms with E-state index in [0.29, 0.717) is 17.6 Å². The molecule has 0 aromatic carbocycles. The van der Waals surface area contributed by atoms with Crippen molar-refractivity contribution >= 4 is 21.7 Å². The maximum absolute atomic E-state index is 11.1. The Morgan fingerprint density at radius 1 is 1.64 bits per heavy atom. The Balaban J connectivity index is 2.61. The van der Waals surface area contributed by atoms with Crippen LogP contribution < -0.4 is 0 Å². The first kappa shape index (κ1) is 9.24. The van der Waals surface area contributed by atoms with Gasteiger partial charge < -0.3 is 0 Å². The van der Waals surface area contributed by atoms with Gasteiger partial charge >= 0.3 is 0 Å². The molecule has 0 amide bonds. The Morgan fingerprint density at radius 3 is 2.45 bits per heavy atom. The molecule has 0 bridgehead atoms. The molecule has 0 heterocycles. The first-order valence-electron chi connectivity index (χ1n) is 4.06. The number of carbonyl (C=O) groups excluding carboxylic acids is 1. The summed E-state index contributed by atoms with van der Waals surface area (Å²) >= 11 is 3.47. The van der Waals surface area contributed by atoms with Crippen LogP contribution in [-0.4, -0.2) is 11.1 Å². The van der Waals surface area contributed by atoms with E-state index in [4.69, 9.17) is 0 Å². The molecule has 0 radical (unpaired) electrons. The molecule has 1 nitrogen and oxygen atoms in total. The molecule has 1 saturated carbocycles. The van der Waals surface area contributed by atoms with Gasteiger partial charge in [0.15, 0.2) is 0 Å². The number of carbonyl (C=O) groups is 1. The molecule has 11 heavy (non-hydrogen) atoms. The van der Waals surface area contributed by atoms with Crippen molar-refractivity contribution in [3.05, 3.63) is 0 Å². The van der Waals surface area contributed by atoms with Gasteiger partial charge in [-0.1, -0.05) is 29.8 Å². The molecule has 0 N–H and O–H groups in total. The lowest BCUT2D eigenvalue weighted by Gasteiger charge is -2.50. The van der Waals surface area contributed by atoms with Crippen molar-refractivity contribution in [3.63, 3.8) is 0 Å². The van der Waals surface area contributed by atoms with Gasteiger partial charge in [0, 0.05) is 11.2 Å². The minimum absolute atomic E-state index is 0.231. The molecule has 0 aromatic heterocycles. The van der Waals surface area contributed by atoms with E-state index in [1.54, 1.807) is 6.92 Å². The summed E-state index contributed by atoms with van der Waals surface area (Å²) in [6, 6.07) is 0. The first-order valence-corrected chi connectivity index (χ1v) is 5.18. The largest absolute Gasteiger partial charge is 0.300 e. The van der Waals surface area contributed by atoms with E-state index in [0.717, 1.165) is 11.8 Å². The van der Waals surface area contributed by atoms with Crippen molar-refractivity contribution in [3.8, 4) is 0 Å². The minimum Gasteiger partial charge on any atom is -0.300 e. The van der Waals surface area contributed by atoms with E-state index in [2.05, 4.69) is 29.8 Å². The van der Waals surface area contributed by atoms with Crippen LogP contribution >= 0.6 is 15.9 Å². The SMILES string of the molecule is CC(=O)C1CC(CBr)C1(C)C. The number of alkyl halides is 1. The van der Waals surface area contributed by atoms with Crippen molar-refractivity contribution in [1.29, 1.82) is 0 Å². The fourth-order valence-corrected chi connectivity index (χ4v) is 3.07. The summed E-state index contributed by atoms with van der Waals surface area (Å²) in [5, 5.41) is 1.03. The van der Waals surface area contributed by atoms with Gasteiger partial charge in [0.2, 0.25) is 0 Å². The average Bonchev–Trinajstić information content (AvgIpc) is 1.85. The maximum Gasteiger partial charge on any atom is 0.133 e. The van der Waals surface area contributed by atoms with E-state index < -0.39 is 0 Å². The normalized spacial score (nSPS) is 34.5. The second kappa shape index (κ2) is 2.89. The molecule has 0 spiro atoms. The highest BCUT2D eigenvalue weighted by atomic mass is 79.9. The Hall–Kier alpha value is 0.150. The fraction of sp³-hybridized carbons (Fsp3) is 0.889. The Kier molecular flexibility index (Phi) is 2.43. The number of rotatable bonds is 2. The highest BCUT2D eigenvalue weighted by Gasteiger charge is 2.49. The molecular formula is C9H15BrO. The lowest BCUT2D eigenvalue weighted by atomic mass is 9.54. The number of Topliss-reactive ketones (excluding diaryl/α,β-unsaturated/α-hetero) is 1. The molecule has 1 rings (SSSR count). The third kappa shape index (κ3) is 1.37. The summed E-state index contributed by atoms with van der Waals surface area (Å²) in [5.41, 5.74) is 0.231. The second-order valence-corrected chi connectivity index (χ2v) is 4.72. The zero-order valence-electron chi connectivity index (χ0n) is 7.36. The van der Waals surface area contributed by atoms with Crippen LogP contribution in [0.4, 0.5) is 0 Å². The van der Waals surface area contributed by atoms with Gasteiger partial charge in [-0.15, -0.1) is 0 Å². The fourth-order valence-electron chi connectivity index (χ4n) is 1.97. The van der Waals surface area contributed by atoms with E-state index in [9.17, 15) is 4.79 Å². The van der Waals surface area contributed by atoms with Gasteiger partial charge in [-0.25, -0.2) is 0 Å². The first-order chi connectivity index (χ1) is 5.00. The van der Waals surface area contributed by atoms with Crippen LogP contribution in [0, 0.1) is 17.3 Å². The monoisotopic (exact) mass is 218 g/mol. The Bertz CT molecular complexity index is 174. The van der Waals surface area contributed by atoms with E-state index >= 15 is 0 Å². The average molecular weight is 219 g/mol. The molecule has 0 aromatic rings. The molecule has 1 aliphatic carbocycles. The van der Waals surface area contributed by atoms with Crippen LogP contribution in [0.3, 0.4) is 0 Å². The van der Waals surface area contributed by atoms with Gasteiger partial charge in [-0.3, -0.25) is 4.79 Å². The molecule has 2 heteroatoms. The van der Waals surface area contributed by atoms with Crippen LogP contribution in [0.25, 0.3) is 0 Å². The van der Waals surface area contributed by atoms with E-state index in [1.165, 1.54) is 0 Å². The third-order valence-corrected chi connectivity index (χ3v) is 3.93. The third-order valence-electron chi connectivity index (χ3n) is 3.15. The van der Waals surface area contributed by atoms with Crippen LogP contribution in [0.1, 0.15) is 27.2 Å². The molecule has 2 unspecified atom stereocenters. The predicted octanol–water partition coefficient (Wildman–Crippen LogP) is 2.63. The molecule has 1 aliphatic rings. The van der Waals surface area contributed by atoms with E-state index in [-0.39, 0.29) is 5.41 Å². The second-order valence-electron chi connectivity index (χ2n) is 4.07. The number of ketones is 1.